The van der Waals surface area contributed by atoms with Crippen molar-refractivity contribution in [3.05, 3.63) is 58.9 Å². The van der Waals surface area contributed by atoms with Crippen LogP contribution in [0, 0.1) is 0 Å². The molecule has 0 radical (unpaired) electrons. The summed E-state index contributed by atoms with van der Waals surface area (Å²) in [6.45, 7) is 2.23. The highest BCUT2D eigenvalue weighted by molar-refractivity contribution is 14.0. The van der Waals surface area contributed by atoms with E-state index in [1.165, 1.54) is 12.1 Å². The molecule has 0 amide bonds. The number of hydrogen-bond donors (Lipinski definition) is 2. The first-order valence-corrected chi connectivity index (χ1v) is 8.64. The largest absolute Gasteiger partial charge is 0.484 e. The van der Waals surface area contributed by atoms with Crippen LogP contribution in [0.4, 0.5) is 13.2 Å². The predicted octanol–water partition coefficient (Wildman–Crippen LogP) is 4.55. The van der Waals surface area contributed by atoms with Crippen molar-refractivity contribution in [2.45, 2.75) is 26.2 Å². The van der Waals surface area contributed by atoms with E-state index in [1.54, 1.807) is 24.4 Å². The molecule has 1 aromatic heterocycles. The summed E-state index contributed by atoms with van der Waals surface area (Å²) in [5.41, 5.74) is 1.80. The average Bonchev–Trinajstić information content (AvgIpc) is 2.64. The fourth-order valence-corrected chi connectivity index (χ4v) is 2.18. The summed E-state index contributed by atoms with van der Waals surface area (Å²) in [6.07, 6.45) is -2.69. The minimum atomic E-state index is -4.35. The number of pyridine rings is 1. The van der Waals surface area contributed by atoms with Crippen molar-refractivity contribution in [3.8, 4) is 5.75 Å². The second-order valence-corrected chi connectivity index (χ2v) is 5.97. The summed E-state index contributed by atoms with van der Waals surface area (Å²) in [7, 11) is 0. The van der Waals surface area contributed by atoms with Gasteiger partial charge < -0.3 is 15.4 Å². The van der Waals surface area contributed by atoms with E-state index in [0.717, 1.165) is 11.1 Å². The normalized spacial score (nSPS) is 11.5. The molecule has 0 atom stereocenters. The van der Waals surface area contributed by atoms with Crippen molar-refractivity contribution in [1.29, 1.82) is 0 Å². The highest BCUT2D eigenvalue weighted by atomic mass is 127. The summed E-state index contributed by atoms with van der Waals surface area (Å²) in [6, 6.07) is 9.96. The Morgan fingerprint density at radius 2 is 1.79 bits per heavy atom. The number of alkyl halides is 3. The topological polar surface area (TPSA) is 58.5 Å². The minimum Gasteiger partial charge on any atom is -0.484 e. The van der Waals surface area contributed by atoms with Gasteiger partial charge in [-0.3, -0.25) is 0 Å². The molecule has 0 spiro atoms. The first-order chi connectivity index (χ1) is 12.9. The molecule has 2 rings (SSSR count). The van der Waals surface area contributed by atoms with Crippen LogP contribution in [0.5, 0.6) is 5.75 Å². The standard InChI is InChI=1S/C18H20ClF3N4O.HI/c1-2-23-17(26-11-14-5-8-16(19)24-10-14)25-9-13-3-6-15(7-4-13)27-12-18(20,21)22;/h3-8,10H,2,9,11-12H2,1H3,(H2,23,25,26);1H. The molecule has 0 aliphatic rings. The van der Waals surface area contributed by atoms with Gasteiger partial charge in [-0.05, 0) is 36.2 Å². The lowest BCUT2D eigenvalue weighted by atomic mass is 10.2. The average molecular weight is 529 g/mol. The Hall–Kier alpha value is -1.75. The number of rotatable bonds is 7. The first-order valence-electron chi connectivity index (χ1n) is 8.27. The molecule has 10 heteroatoms. The molecule has 0 fully saturated rings. The second kappa shape index (κ2) is 11.9. The quantitative estimate of drug-likeness (QED) is 0.240. The van der Waals surface area contributed by atoms with Gasteiger partial charge in [0.2, 0.25) is 0 Å². The van der Waals surface area contributed by atoms with E-state index in [-0.39, 0.29) is 29.7 Å². The van der Waals surface area contributed by atoms with Gasteiger partial charge in [-0.15, -0.1) is 24.0 Å². The molecule has 0 aliphatic heterocycles. The maximum Gasteiger partial charge on any atom is 0.422 e. The molecule has 2 N–H and O–H groups in total. The summed E-state index contributed by atoms with van der Waals surface area (Å²) < 4.78 is 41.1. The van der Waals surface area contributed by atoms with Gasteiger partial charge in [0.05, 0.1) is 6.54 Å². The number of hydrogen-bond acceptors (Lipinski definition) is 3. The van der Waals surface area contributed by atoms with Crippen molar-refractivity contribution >= 4 is 41.5 Å². The fraction of sp³-hybridized carbons (Fsp3) is 0.333. The molecule has 0 bridgehead atoms. The lowest BCUT2D eigenvalue weighted by molar-refractivity contribution is -0.153. The van der Waals surface area contributed by atoms with Crippen LogP contribution in [0.2, 0.25) is 5.15 Å². The van der Waals surface area contributed by atoms with Crippen LogP contribution < -0.4 is 15.4 Å². The number of aliphatic imine (C=N–C) groups is 1. The first kappa shape index (κ1) is 24.3. The Balaban J connectivity index is 0.00000392. The summed E-state index contributed by atoms with van der Waals surface area (Å²) in [5, 5.41) is 6.72. The van der Waals surface area contributed by atoms with Gasteiger partial charge in [0.25, 0.3) is 0 Å². The Morgan fingerprint density at radius 1 is 1.11 bits per heavy atom. The van der Waals surface area contributed by atoms with Crippen molar-refractivity contribution in [2.75, 3.05) is 13.2 Å². The summed E-state index contributed by atoms with van der Waals surface area (Å²) in [5.74, 6) is 0.789. The maximum atomic E-state index is 12.2. The van der Waals surface area contributed by atoms with Gasteiger partial charge in [-0.1, -0.05) is 29.8 Å². The molecule has 28 heavy (non-hydrogen) atoms. The number of ether oxygens (including phenoxy) is 1. The van der Waals surface area contributed by atoms with Crippen LogP contribution in [0.1, 0.15) is 18.1 Å². The summed E-state index contributed by atoms with van der Waals surface area (Å²) in [4.78, 5) is 8.47. The van der Waals surface area contributed by atoms with Gasteiger partial charge in [0.1, 0.15) is 10.9 Å². The van der Waals surface area contributed by atoms with Gasteiger partial charge in [0, 0.05) is 19.3 Å². The third-order valence-corrected chi connectivity index (χ3v) is 3.56. The van der Waals surface area contributed by atoms with E-state index < -0.39 is 12.8 Å². The highest BCUT2D eigenvalue weighted by Crippen LogP contribution is 2.18. The van der Waals surface area contributed by atoms with Gasteiger partial charge in [-0.25, -0.2) is 9.98 Å². The smallest absolute Gasteiger partial charge is 0.422 e. The SMILES string of the molecule is CCNC(=NCc1ccc(Cl)nc1)NCc1ccc(OCC(F)(F)F)cc1.I. The third kappa shape index (κ3) is 9.45. The highest BCUT2D eigenvalue weighted by Gasteiger charge is 2.28. The van der Waals surface area contributed by atoms with E-state index in [1.807, 2.05) is 13.0 Å². The minimum absolute atomic E-state index is 0. The molecule has 1 aromatic carbocycles. The molecular weight excluding hydrogens is 508 g/mol. The molecule has 0 saturated carbocycles. The van der Waals surface area contributed by atoms with Crippen LogP contribution in [0.3, 0.4) is 0 Å². The van der Waals surface area contributed by atoms with Crippen molar-refractivity contribution in [1.82, 2.24) is 15.6 Å². The van der Waals surface area contributed by atoms with Crippen molar-refractivity contribution in [3.63, 3.8) is 0 Å². The van der Waals surface area contributed by atoms with Crippen molar-refractivity contribution in [2.24, 2.45) is 4.99 Å². The van der Waals surface area contributed by atoms with Gasteiger partial charge >= 0.3 is 6.18 Å². The van der Waals surface area contributed by atoms with Crippen LogP contribution in [-0.2, 0) is 13.1 Å². The lowest BCUT2D eigenvalue weighted by Crippen LogP contribution is -2.36. The monoisotopic (exact) mass is 528 g/mol. The maximum absolute atomic E-state index is 12.2. The predicted molar refractivity (Wildman–Crippen MR) is 114 cm³/mol. The molecular formula is C18H21ClF3IN4O. The zero-order valence-corrected chi connectivity index (χ0v) is 18.2. The Labute approximate surface area is 183 Å². The molecule has 0 unspecified atom stereocenters. The van der Waals surface area contributed by atoms with E-state index in [4.69, 9.17) is 11.6 Å². The third-order valence-electron chi connectivity index (χ3n) is 3.34. The van der Waals surface area contributed by atoms with Crippen molar-refractivity contribution < 1.29 is 17.9 Å². The molecule has 154 valence electrons. The van der Waals surface area contributed by atoms with Crippen LogP contribution >= 0.6 is 35.6 Å². The van der Waals surface area contributed by atoms with Crippen LogP contribution in [0.25, 0.3) is 0 Å². The molecule has 2 aromatic rings. The number of nitrogens with one attached hydrogen (secondary N) is 2. The summed E-state index contributed by atoms with van der Waals surface area (Å²) >= 11 is 5.76. The molecule has 5 nitrogen and oxygen atoms in total. The lowest BCUT2D eigenvalue weighted by Gasteiger charge is -2.12. The van der Waals surface area contributed by atoms with Gasteiger partial charge in [0.15, 0.2) is 12.6 Å². The number of benzene rings is 1. The number of guanidine groups is 1. The number of nitrogens with zero attached hydrogens (tertiary/aromatic N) is 2. The Morgan fingerprint density at radius 3 is 2.36 bits per heavy atom. The Bertz CT molecular complexity index is 740. The fourth-order valence-electron chi connectivity index (χ4n) is 2.07. The zero-order chi connectivity index (χ0) is 19.7. The zero-order valence-electron chi connectivity index (χ0n) is 15.1. The Kier molecular flexibility index (Phi) is 10.4. The number of aromatic nitrogens is 1. The molecule has 1 heterocycles. The van der Waals surface area contributed by atoms with E-state index >= 15 is 0 Å². The number of halogens is 5. The van der Waals surface area contributed by atoms with E-state index in [2.05, 4.69) is 25.3 Å². The molecule has 0 saturated heterocycles. The van der Waals surface area contributed by atoms with Crippen LogP contribution in [-0.4, -0.2) is 30.3 Å². The van der Waals surface area contributed by atoms with Gasteiger partial charge in [-0.2, -0.15) is 13.2 Å². The van der Waals surface area contributed by atoms with E-state index in [0.29, 0.717) is 30.7 Å². The van der Waals surface area contributed by atoms with E-state index in [9.17, 15) is 13.2 Å². The molecule has 0 aliphatic carbocycles. The van der Waals surface area contributed by atoms with Crippen LogP contribution in [0.15, 0.2) is 47.6 Å². The second-order valence-electron chi connectivity index (χ2n) is 5.59.